The largest absolute Gasteiger partial charge is 0.314 e. The van der Waals surface area contributed by atoms with E-state index in [-0.39, 0.29) is 15.4 Å². The number of nitrogens with zero attached hydrogens (tertiary/aromatic N) is 2. The Balaban J connectivity index is 2.21. The molecule has 4 nitrogen and oxygen atoms in total. The molecule has 7 heteroatoms. The van der Waals surface area contributed by atoms with Crippen LogP contribution < -0.4 is 9.88 Å². The highest BCUT2D eigenvalue weighted by Gasteiger charge is 2.44. The van der Waals surface area contributed by atoms with Crippen LogP contribution in [0.15, 0.2) is 63.9 Å². The molecular formula is C17H12BrFN3OS+. The lowest BCUT2D eigenvalue weighted by molar-refractivity contribution is -0.711. The summed E-state index contributed by atoms with van der Waals surface area (Å²) < 4.78 is 15.6. The van der Waals surface area contributed by atoms with Crippen LogP contribution in [0.5, 0.6) is 0 Å². The minimum atomic E-state index is -0.672. The smallest absolute Gasteiger partial charge is 0.294 e. The average molecular weight is 405 g/mol. The van der Waals surface area contributed by atoms with E-state index in [0.29, 0.717) is 11.1 Å². The normalized spacial score (nSPS) is 20.5. The Morgan fingerprint density at radius 1 is 1.29 bits per heavy atom. The minimum absolute atomic E-state index is 0.223. The first kappa shape index (κ1) is 16.7. The second-order valence-corrected chi connectivity index (χ2v) is 6.58. The van der Waals surface area contributed by atoms with Gasteiger partial charge in [-0.2, -0.15) is 9.83 Å². The van der Waals surface area contributed by atoms with Crippen molar-refractivity contribution >= 4 is 34.5 Å². The first-order valence-corrected chi connectivity index (χ1v) is 8.31. The van der Waals surface area contributed by atoms with Crippen LogP contribution in [0.25, 0.3) is 0 Å². The summed E-state index contributed by atoms with van der Waals surface area (Å²) in [7, 11) is 0. The summed E-state index contributed by atoms with van der Waals surface area (Å²) in [5, 5.41) is 12.4. The summed E-state index contributed by atoms with van der Waals surface area (Å²) in [5.74, 6) is -1.25. The molecule has 1 aromatic carbocycles. The van der Waals surface area contributed by atoms with Gasteiger partial charge in [-0.05, 0) is 33.6 Å². The van der Waals surface area contributed by atoms with Crippen LogP contribution in [0.3, 0.4) is 0 Å². The van der Waals surface area contributed by atoms with E-state index in [2.05, 4.69) is 39.9 Å². The molecular weight excluding hydrogens is 393 g/mol. The van der Waals surface area contributed by atoms with Gasteiger partial charge in [0, 0.05) is 12.1 Å². The lowest BCUT2D eigenvalue weighted by Crippen LogP contribution is -2.53. The third kappa shape index (κ3) is 2.95. The maximum Gasteiger partial charge on any atom is 0.294 e. The van der Waals surface area contributed by atoms with Gasteiger partial charge in [0.05, 0.1) is 27.1 Å². The molecule has 1 N–H and O–H groups in total. The number of rotatable bonds is 2. The zero-order valence-electron chi connectivity index (χ0n) is 12.3. The number of carbonyl (C=O) groups is 1. The van der Waals surface area contributed by atoms with Gasteiger partial charge in [-0.15, -0.1) is 12.6 Å². The molecule has 2 unspecified atom stereocenters. The maximum absolute atomic E-state index is 13.6. The Morgan fingerprint density at radius 3 is 2.62 bits per heavy atom. The predicted molar refractivity (Wildman–Crippen MR) is 92.3 cm³/mol. The fourth-order valence-electron chi connectivity index (χ4n) is 2.80. The number of halogens is 2. The van der Waals surface area contributed by atoms with Crippen LogP contribution in [0, 0.1) is 17.1 Å². The van der Waals surface area contributed by atoms with Gasteiger partial charge in [-0.1, -0.05) is 12.1 Å². The van der Waals surface area contributed by atoms with E-state index in [9.17, 15) is 14.4 Å². The van der Waals surface area contributed by atoms with Crippen molar-refractivity contribution in [3.8, 4) is 6.07 Å². The van der Waals surface area contributed by atoms with E-state index in [1.807, 2.05) is 6.07 Å². The van der Waals surface area contributed by atoms with Crippen molar-refractivity contribution in [2.24, 2.45) is 0 Å². The lowest BCUT2D eigenvalue weighted by Gasteiger charge is -2.28. The van der Waals surface area contributed by atoms with Gasteiger partial charge in [0.25, 0.3) is 5.91 Å². The third-order valence-corrected chi connectivity index (χ3v) is 4.84. The van der Waals surface area contributed by atoms with Crippen LogP contribution in [-0.4, -0.2) is 5.91 Å². The Labute approximate surface area is 152 Å². The molecule has 0 fully saturated rings. The van der Waals surface area contributed by atoms with E-state index < -0.39 is 17.8 Å². The van der Waals surface area contributed by atoms with Crippen LogP contribution in [0.1, 0.15) is 17.5 Å². The molecule has 0 spiro atoms. The summed E-state index contributed by atoms with van der Waals surface area (Å²) in [6, 6.07) is 11.4. The zero-order valence-corrected chi connectivity index (χ0v) is 14.8. The first-order valence-electron chi connectivity index (χ1n) is 7.07. The lowest BCUT2D eigenvalue weighted by atomic mass is 9.83. The highest BCUT2D eigenvalue weighted by molar-refractivity contribution is 9.10. The van der Waals surface area contributed by atoms with Crippen molar-refractivity contribution in [2.45, 2.75) is 12.0 Å². The molecule has 2 aromatic rings. The van der Waals surface area contributed by atoms with E-state index >= 15 is 0 Å². The second-order valence-electron chi connectivity index (χ2n) is 5.28. The average Bonchev–Trinajstić information content (AvgIpc) is 2.57. The number of carbonyl (C=O) groups excluding carboxylic acids is 1. The number of thiol groups is 1. The Kier molecular flexibility index (Phi) is 4.69. The van der Waals surface area contributed by atoms with Crippen molar-refractivity contribution in [3.63, 3.8) is 0 Å². The molecule has 0 bridgehead atoms. The van der Waals surface area contributed by atoms with Crippen molar-refractivity contribution < 1.29 is 13.8 Å². The number of pyridine rings is 1. The van der Waals surface area contributed by atoms with E-state index in [0.717, 1.165) is 0 Å². The van der Waals surface area contributed by atoms with Crippen molar-refractivity contribution in [3.05, 3.63) is 75.2 Å². The number of aromatic nitrogens is 1. The van der Waals surface area contributed by atoms with E-state index in [4.69, 9.17) is 0 Å². The Morgan fingerprint density at radius 2 is 2.00 bits per heavy atom. The second kappa shape index (κ2) is 6.75. The molecule has 1 aromatic heterocycles. The van der Waals surface area contributed by atoms with Gasteiger partial charge in [0.1, 0.15) is 5.82 Å². The highest BCUT2D eigenvalue weighted by Crippen LogP contribution is 2.38. The van der Waals surface area contributed by atoms with Gasteiger partial charge >= 0.3 is 0 Å². The molecule has 3 rings (SSSR count). The molecule has 2 atom stereocenters. The molecule has 120 valence electrons. The van der Waals surface area contributed by atoms with Crippen LogP contribution in [-0.2, 0) is 4.79 Å². The molecule has 1 aliphatic heterocycles. The van der Waals surface area contributed by atoms with Gasteiger partial charge in [-0.25, -0.2) is 4.39 Å². The Hall–Kier alpha value is -2.17. The van der Waals surface area contributed by atoms with Gasteiger partial charge in [0.15, 0.2) is 12.4 Å². The zero-order chi connectivity index (χ0) is 17.3. The first-order chi connectivity index (χ1) is 11.5. The number of nitriles is 1. The fourth-order valence-corrected chi connectivity index (χ4v) is 3.49. The minimum Gasteiger partial charge on any atom is -0.314 e. The quantitative estimate of drug-likeness (QED) is 0.596. The van der Waals surface area contributed by atoms with Crippen molar-refractivity contribution in [1.29, 1.82) is 5.26 Å². The summed E-state index contributed by atoms with van der Waals surface area (Å²) in [6.45, 7) is 0. The highest BCUT2D eigenvalue weighted by atomic mass is 79.9. The van der Waals surface area contributed by atoms with E-state index in [1.165, 1.54) is 6.07 Å². The van der Waals surface area contributed by atoms with Crippen molar-refractivity contribution in [2.75, 3.05) is 0 Å². The molecule has 1 amide bonds. The maximum atomic E-state index is 13.6. The van der Waals surface area contributed by atoms with E-state index in [1.54, 1.807) is 41.2 Å². The SMILES string of the molecule is N#CC1=C(S)NC(=O)C([n+]2ccccc2)C1c1ccc(F)c(Br)c1. The molecule has 0 saturated heterocycles. The number of allylic oxidation sites excluding steroid dienone is 1. The molecule has 0 radical (unpaired) electrons. The standard InChI is InChI=1S/C17H11BrFN3OS/c18-12-8-10(4-5-13(12)19)14-11(9-20)17(24)21-16(23)15(14)22-6-2-1-3-7-22/h1-8,14-15H,(H-,21,23,24)/p+1. The summed E-state index contributed by atoms with van der Waals surface area (Å²) in [6.07, 6.45) is 3.52. The topological polar surface area (TPSA) is 56.8 Å². The fraction of sp³-hybridized carbons (Fsp3) is 0.118. The van der Waals surface area contributed by atoms with Gasteiger partial charge in [-0.3, -0.25) is 4.79 Å². The number of amides is 1. The van der Waals surface area contributed by atoms with Crippen molar-refractivity contribution in [1.82, 2.24) is 5.32 Å². The molecule has 2 heterocycles. The number of nitrogens with one attached hydrogen (secondary N) is 1. The molecule has 24 heavy (non-hydrogen) atoms. The number of benzene rings is 1. The summed E-state index contributed by atoms with van der Waals surface area (Å²) in [5.41, 5.74) is 0.986. The van der Waals surface area contributed by atoms with Crippen LogP contribution in [0.2, 0.25) is 0 Å². The molecule has 0 saturated carbocycles. The van der Waals surface area contributed by atoms with Crippen LogP contribution >= 0.6 is 28.6 Å². The molecule has 0 aliphatic carbocycles. The third-order valence-electron chi connectivity index (χ3n) is 3.88. The Bertz CT molecular complexity index is 879. The predicted octanol–water partition coefficient (Wildman–Crippen LogP) is 3.00. The summed E-state index contributed by atoms with van der Waals surface area (Å²) >= 11 is 7.40. The summed E-state index contributed by atoms with van der Waals surface area (Å²) in [4.78, 5) is 12.6. The van der Waals surface area contributed by atoms with Crippen LogP contribution in [0.4, 0.5) is 4.39 Å². The number of hydrogen-bond donors (Lipinski definition) is 2. The van der Waals surface area contributed by atoms with Gasteiger partial charge < -0.3 is 5.32 Å². The monoisotopic (exact) mass is 404 g/mol. The van der Waals surface area contributed by atoms with Gasteiger partial charge in [0.2, 0.25) is 6.04 Å². The molecule has 1 aliphatic rings. The number of hydrogen-bond acceptors (Lipinski definition) is 3.